The van der Waals surface area contributed by atoms with Crippen molar-refractivity contribution in [3.05, 3.63) is 65.2 Å². The number of nitrogens with one attached hydrogen (secondary N) is 3. The summed E-state index contributed by atoms with van der Waals surface area (Å²) in [5.41, 5.74) is 1.71. The van der Waals surface area contributed by atoms with Gasteiger partial charge in [0.15, 0.2) is 11.6 Å². The van der Waals surface area contributed by atoms with Gasteiger partial charge in [-0.25, -0.2) is 13.6 Å². The molecule has 0 spiro atoms. The number of halogens is 2. The first kappa shape index (κ1) is 17.4. The van der Waals surface area contributed by atoms with Gasteiger partial charge in [-0.3, -0.25) is 4.79 Å². The highest BCUT2D eigenvalue weighted by atomic mass is 19.2. The van der Waals surface area contributed by atoms with E-state index in [0.29, 0.717) is 5.69 Å². The average molecular weight is 333 g/mol. The SMILES string of the molecule is CNC(=O)C(NC(=O)Nc1ccc(C)cc1)c1ccc(F)c(F)c1. The first-order chi connectivity index (χ1) is 11.4. The Morgan fingerprint density at radius 3 is 2.25 bits per heavy atom. The van der Waals surface area contributed by atoms with E-state index in [9.17, 15) is 18.4 Å². The molecule has 0 aliphatic carbocycles. The lowest BCUT2D eigenvalue weighted by Crippen LogP contribution is -2.41. The van der Waals surface area contributed by atoms with Crippen LogP contribution in [0.1, 0.15) is 17.2 Å². The molecule has 0 heterocycles. The molecule has 0 fully saturated rings. The van der Waals surface area contributed by atoms with Gasteiger partial charge in [-0.05, 0) is 36.8 Å². The highest BCUT2D eigenvalue weighted by Crippen LogP contribution is 2.17. The van der Waals surface area contributed by atoms with Gasteiger partial charge >= 0.3 is 6.03 Å². The van der Waals surface area contributed by atoms with Gasteiger partial charge in [-0.1, -0.05) is 23.8 Å². The first-order valence-electron chi connectivity index (χ1n) is 7.21. The van der Waals surface area contributed by atoms with Crippen LogP contribution in [-0.4, -0.2) is 19.0 Å². The van der Waals surface area contributed by atoms with Crippen molar-refractivity contribution in [2.24, 2.45) is 0 Å². The van der Waals surface area contributed by atoms with Gasteiger partial charge in [-0.2, -0.15) is 0 Å². The molecule has 1 atom stereocenters. The molecule has 126 valence electrons. The number of likely N-dealkylation sites (N-methyl/N-ethyl adjacent to an activating group) is 1. The van der Waals surface area contributed by atoms with Crippen molar-refractivity contribution in [3.63, 3.8) is 0 Å². The lowest BCUT2D eigenvalue weighted by atomic mass is 10.1. The maximum Gasteiger partial charge on any atom is 0.320 e. The second-order valence-corrected chi connectivity index (χ2v) is 5.19. The number of hydrogen-bond donors (Lipinski definition) is 3. The zero-order chi connectivity index (χ0) is 17.7. The van der Waals surface area contributed by atoms with Gasteiger partial charge in [0.2, 0.25) is 5.91 Å². The van der Waals surface area contributed by atoms with Crippen LogP contribution in [0, 0.1) is 18.6 Å². The lowest BCUT2D eigenvalue weighted by Gasteiger charge is -2.18. The smallest absolute Gasteiger partial charge is 0.320 e. The summed E-state index contributed by atoms with van der Waals surface area (Å²) in [5, 5.41) is 7.40. The van der Waals surface area contributed by atoms with Crippen LogP contribution in [0.4, 0.5) is 19.3 Å². The zero-order valence-electron chi connectivity index (χ0n) is 13.2. The van der Waals surface area contributed by atoms with Crippen LogP contribution in [-0.2, 0) is 4.79 Å². The molecular weight excluding hydrogens is 316 g/mol. The van der Waals surface area contributed by atoms with Crippen LogP contribution in [0.2, 0.25) is 0 Å². The van der Waals surface area contributed by atoms with E-state index in [1.807, 2.05) is 19.1 Å². The molecule has 5 nitrogen and oxygen atoms in total. The summed E-state index contributed by atoms with van der Waals surface area (Å²) in [5.74, 6) is -2.68. The molecule has 24 heavy (non-hydrogen) atoms. The number of rotatable bonds is 4. The molecule has 0 aliphatic heterocycles. The van der Waals surface area contributed by atoms with Crippen molar-refractivity contribution in [1.29, 1.82) is 0 Å². The Morgan fingerprint density at radius 1 is 1.00 bits per heavy atom. The second kappa shape index (κ2) is 7.54. The Kier molecular flexibility index (Phi) is 5.47. The van der Waals surface area contributed by atoms with E-state index in [1.54, 1.807) is 12.1 Å². The molecule has 2 aromatic rings. The number of hydrogen-bond acceptors (Lipinski definition) is 2. The van der Waals surface area contributed by atoms with E-state index in [-0.39, 0.29) is 5.56 Å². The zero-order valence-corrected chi connectivity index (χ0v) is 13.2. The fourth-order valence-electron chi connectivity index (χ4n) is 2.07. The molecule has 0 saturated carbocycles. The Bertz CT molecular complexity index is 748. The van der Waals surface area contributed by atoms with E-state index < -0.39 is 29.6 Å². The van der Waals surface area contributed by atoms with Gasteiger partial charge in [0.05, 0.1) is 0 Å². The minimum Gasteiger partial charge on any atom is -0.357 e. The molecule has 0 saturated heterocycles. The van der Waals surface area contributed by atoms with Crippen molar-refractivity contribution in [2.75, 3.05) is 12.4 Å². The second-order valence-electron chi connectivity index (χ2n) is 5.19. The summed E-state index contributed by atoms with van der Waals surface area (Å²) in [4.78, 5) is 24.1. The van der Waals surface area contributed by atoms with Crippen LogP contribution in [0.15, 0.2) is 42.5 Å². The predicted molar refractivity (Wildman–Crippen MR) is 86.5 cm³/mol. The third-order valence-electron chi connectivity index (χ3n) is 3.37. The molecule has 2 rings (SSSR count). The third-order valence-corrected chi connectivity index (χ3v) is 3.37. The highest BCUT2D eigenvalue weighted by Gasteiger charge is 2.23. The fourth-order valence-corrected chi connectivity index (χ4v) is 2.07. The summed E-state index contributed by atoms with van der Waals surface area (Å²) < 4.78 is 26.4. The van der Waals surface area contributed by atoms with E-state index in [4.69, 9.17) is 0 Å². The van der Waals surface area contributed by atoms with Crippen LogP contribution >= 0.6 is 0 Å². The minimum atomic E-state index is -1.16. The Morgan fingerprint density at radius 2 is 1.67 bits per heavy atom. The fraction of sp³-hybridized carbons (Fsp3) is 0.176. The van der Waals surface area contributed by atoms with Crippen molar-refractivity contribution < 1.29 is 18.4 Å². The summed E-state index contributed by atoms with van der Waals surface area (Å²) in [6.07, 6.45) is 0. The molecule has 0 aliphatic rings. The van der Waals surface area contributed by atoms with Crippen molar-refractivity contribution in [3.8, 4) is 0 Å². The van der Waals surface area contributed by atoms with Crippen molar-refractivity contribution in [2.45, 2.75) is 13.0 Å². The van der Waals surface area contributed by atoms with Gasteiger partial charge in [0.1, 0.15) is 6.04 Å². The van der Waals surface area contributed by atoms with Crippen molar-refractivity contribution in [1.82, 2.24) is 10.6 Å². The van der Waals surface area contributed by atoms with E-state index >= 15 is 0 Å². The van der Waals surface area contributed by atoms with Gasteiger partial charge in [0, 0.05) is 12.7 Å². The quantitative estimate of drug-likeness (QED) is 0.805. The average Bonchev–Trinajstić information content (AvgIpc) is 2.56. The number of amides is 3. The Hall–Kier alpha value is -2.96. The van der Waals surface area contributed by atoms with Crippen LogP contribution in [0.5, 0.6) is 0 Å². The maximum atomic E-state index is 13.4. The van der Waals surface area contributed by atoms with Crippen LogP contribution < -0.4 is 16.0 Å². The molecule has 3 N–H and O–H groups in total. The van der Waals surface area contributed by atoms with E-state index in [0.717, 1.165) is 17.7 Å². The summed E-state index contributed by atoms with van der Waals surface area (Å²) >= 11 is 0. The number of carbonyl (C=O) groups excluding carboxylic acids is 2. The largest absolute Gasteiger partial charge is 0.357 e. The minimum absolute atomic E-state index is 0.132. The van der Waals surface area contributed by atoms with Crippen LogP contribution in [0.25, 0.3) is 0 Å². The number of urea groups is 1. The monoisotopic (exact) mass is 333 g/mol. The van der Waals surface area contributed by atoms with Crippen LogP contribution in [0.3, 0.4) is 0 Å². The number of anilines is 1. The van der Waals surface area contributed by atoms with E-state index in [1.165, 1.54) is 13.1 Å². The standard InChI is InChI=1S/C17H17F2N3O2/c1-10-3-6-12(7-4-10)21-17(24)22-15(16(23)20-2)11-5-8-13(18)14(19)9-11/h3-9,15H,1-2H3,(H,20,23)(H2,21,22,24). The lowest BCUT2D eigenvalue weighted by molar-refractivity contribution is -0.122. The van der Waals surface area contributed by atoms with Crippen molar-refractivity contribution >= 4 is 17.6 Å². The molecule has 0 aromatic heterocycles. The summed E-state index contributed by atoms with van der Waals surface area (Å²) in [7, 11) is 1.38. The van der Waals surface area contributed by atoms with Gasteiger partial charge in [-0.15, -0.1) is 0 Å². The molecule has 2 aromatic carbocycles. The molecule has 1 unspecified atom stereocenters. The number of benzene rings is 2. The van der Waals surface area contributed by atoms with E-state index in [2.05, 4.69) is 16.0 Å². The first-order valence-corrected chi connectivity index (χ1v) is 7.21. The van der Waals surface area contributed by atoms with Gasteiger partial charge < -0.3 is 16.0 Å². The molecular formula is C17H17F2N3O2. The Labute approximate surface area is 138 Å². The summed E-state index contributed by atoms with van der Waals surface area (Å²) in [6, 6.07) is 8.28. The molecule has 3 amide bonds. The number of carbonyl (C=O) groups is 2. The normalized spacial score (nSPS) is 11.5. The predicted octanol–water partition coefficient (Wildman–Crippen LogP) is 2.88. The summed E-state index contributed by atoms with van der Waals surface area (Å²) in [6.45, 7) is 1.91. The number of aryl methyl sites for hydroxylation is 1. The van der Waals surface area contributed by atoms with Gasteiger partial charge in [0.25, 0.3) is 0 Å². The Balaban J connectivity index is 2.16. The molecule has 0 radical (unpaired) electrons. The maximum absolute atomic E-state index is 13.4. The topological polar surface area (TPSA) is 70.2 Å². The third kappa shape index (κ3) is 4.28. The molecule has 0 bridgehead atoms. The highest BCUT2D eigenvalue weighted by molar-refractivity contribution is 5.94. The molecule has 7 heteroatoms.